The predicted molar refractivity (Wildman–Crippen MR) is 109 cm³/mol. The molecule has 0 radical (unpaired) electrons. The summed E-state index contributed by atoms with van der Waals surface area (Å²) in [4.78, 5) is 13.5. The van der Waals surface area contributed by atoms with Crippen LogP contribution < -0.4 is 14.4 Å². The van der Waals surface area contributed by atoms with Crippen molar-refractivity contribution in [1.82, 2.24) is 0 Å². The van der Waals surface area contributed by atoms with E-state index in [4.69, 9.17) is 9.47 Å². The molecule has 0 atom stereocenters. The Morgan fingerprint density at radius 1 is 0.893 bits per heavy atom. The van der Waals surface area contributed by atoms with Gasteiger partial charge in [0.25, 0.3) is 0 Å². The molecule has 3 aromatic rings. The Balaban J connectivity index is 1.97. The third-order valence-electron chi connectivity index (χ3n) is 4.52. The van der Waals surface area contributed by atoms with Crippen LogP contribution in [0.25, 0.3) is 0 Å². The number of ether oxygens (including phenoxy) is 2. The molecule has 0 saturated heterocycles. The summed E-state index contributed by atoms with van der Waals surface area (Å²) in [5.41, 5.74) is 3.17. The lowest BCUT2D eigenvalue weighted by atomic mass is 10.1. The first-order chi connectivity index (χ1) is 13.6. The van der Waals surface area contributed by atoms with Crippen LogP contribution in [0.2, 0.25) is 0 Å². The molecular weight excluding hydrogens is 354 g/mol. The fourth-order valence-electron chi connectivity index (χ4n) is 3.10. The van der Waals surface area contributed by atoms with E-state index in [9.17, 15) is 9.90 Å². The summed E-state index contributed by atoms with van der Waals surface area (Å²) >= 11 is 0. The maximum absolute atomic E-state index is 11.4. The summed E-state index contributed by atoms with van der Waals surface area (Å²) in [5, 5.41) is 9.37. The average molecular weight is 377 g/mol. The fraction of sp³-hybridized carbons (Fsp3) is 0.174. The van der Waals surface area contributed by atoms with Crippen LogP contribution in [0.5, 0.6) is 11.5 Å². The molecule has 0 saturated carbocycles. The van der Waals surface area contributed by atoms with E-state index < -0.39 is 5.97 Å². The van der Waals surface area contributed by atoms with Gasteiger partial charge >= 0.3 is 5.97 Å². The summed E-state index contributed by atoms with van der Waals surface area (Å²) in [6, 6.07) is 22.7. The van der Waals surface area contributed by atoms with E-state index in [-0.39, 0.29) is 5.56 Å². The number of anilines is 1. The maximum atomic E-state index is 11.4. The van der Waals surface area contributed by atoms with Gasteiger partial charge in [0.1, 0.15) is 11.5 Å². The smallest absolute Gasteiger partial charge is 0.335 e. The number of nitrogens with zero attached hydrogens (tertiary/aromatic N) is 1. The Kier molecular flexibility index (Phi) is 6.17. The second-order valence-electron chi connectivity index (χ2n) is 6.37. The van der Waals surface area contributed by atoms with Crippen LogP contribution in [0, 0.1) is 0 Å². The molecule has 0 bridgehead atoms. The van der Waals surface area contributed by atoms with E-state index in [2.05, 4.69) is 4.90 Å². The van der Waals surface area contributed by atoms with Gasteiger partial charge in [0.05, 0.1) is 19.8 Å². The Morgan fingerprint density at radius 3 is 2.43 bits per heavy atom. The molecule has 0 aliphatic rings. The molecular formula is C23H23NO4. The molecule has 28 heavy (non-hydrogen) atoms. The minimum absolute atomic E-state index is 0.258. The first-order valence-electron chi connectivity index (χ1n) is 8.94. The lowest BCUT2D eigenvalue weighted by molar-refractivity contribution is 0.0697. The average Bonchev–Trinajstić information content (AvgIpc) is 2.74. The van der Waals surface area contributed by atoms with Crippen molar-refractivity contribution >= 4 is 11.7 Å². The molecule has 0 aromatic heterocycles. The fourth-order valence-corrected chi connectivity index (χ4v) is 3.10. The molecule has 0 unspecified atom stereocenters. The number of carboxylic acids is 1. The molecule has 0 spiro atoms. The van der Waals surface area contributed by atoms with Gasteiger partial charge in [-0.1, -0.05) is 36.4 Å². The Labute approximate surface area is 164 Å². The number of rotatable bonds is 8. The molecule has 3 aromatic carbocycles. The summed E-state index contributed by atoms with van der Waals surface area (Å²) < 4.78 is 10.8. The molecule has 0 aliphatic carbocycles. The predicted octanol–water partition coefficient (Wildman–Crippen LogP) is 4.61. The van der Waals surface area contributed by atoms with Gasteiger partial charge in [0.2, 0.25) is 0 Å². The molecule has 3 rings (SSSR count). The zero-order valence-electron chi connectivity index (χ0n) is 16.0. The third-order valence-corrected chi connectivity index (χ3v) is 4.52. The molecule has 5 nitrogen and oxygen atoms in total. The minimum Gasteiger partial charge on any atom is -0.497 e. The number of hydrogen-bond acceptors (Lipinski definition) is 4. The second kappa shape index (κ2) is 8.95. The van der Waals surface area contributed by atoms with Crippen LogP contribution in [0.4, 0.5) is 5.69 Å². The van der Waals surface area contributed by atoms with Gasteiger partial charge in [0.15, 0.2) is 0 Å². The summed E-state index contributed by atoms with van der Waals surface area (Å²) in [6.45, 7) is 1.17. The molecule has 0 fully saturated rings. The first-order valence-corrected chi connectivity index (χ1v) is 8.94. The number of carboxylic acid groups (broad SMARTS) is 1. The van der Waals surface area contributed by atoms with Gasteiger partial charge in [0, 0.05) is 24.3 Å². The van der Waals surface area contributed by atoms with Crippen molar-refractivity contribution in [3.05, 3.63) is 89.5 Å². The third kappa shape index (κ3) is 4.62. The second-order valence-corrected chi connectivity index (χ2v) is 6.37. The highest BCUT2D eigenvalue weighted by atomic mass is 16.5. The van der Waals surface area contributed by atoms with Crippen LogP contribution in [0.1, 0.15) is 21.5 Å². The van der Waals surface area contributed by atoms with Crippen molar-refractivity contribution in [3.63, 3.8) is 0 Å². The highest BCUT2D eigenvalue weighted by Gasteiger charge is 2.14. The van der Waals surface area contributed by atoms with E-state index in [0.29, 0.717) is 13.1 Å². The van der Waals surface area contributed by atoms with Crippen molar-refractivity contribution < 1.29 is 19.4 Å². The number of methoxy groups -OCH3 is 2. The largest absolute Gasteiger partial charge is 0.497 e. The van der Waals surface area contributed by atoms with E-state index >= 15 is 0 Å². The van der Waals surface area contributed by atoms with Crippen molar-refractivity contribution in [3.8, 4) is 11.5 Å². The van der Waals surface area contributed by atoms with Crippen LogP contribution in [0.15, 0.2) is 72.8 Å². The molecule has 144 valence electrons. The number of benzene rings is 3. The standard InChI is InChI=1S/C23H23NO4/c1-27-21-11-5-7-17(13-21)15-24(16-19-8-3-4-12-22(19)28-2)20-10-6-9-18(14-20)23(25)26/h3-14H,15-16H2,1-2H3,(H,25,26). The monoisotopic (exact) mass is 377 g/mol. The van der Waals surface area contributed by atoms with E-state index in [1.165, 1.54) is 0 Å². The Hall–Kier alpha value is -3.47. The van der Waals surface area contributed by atoms with Gasteiger partial charge in [-0.3, -0.25) is 0 Å². The van der Waals surface area contributed by atoms with Crippen LogP contribution in [-0.4, -0.2) is 25.3 Å². The summed E-state index contributed by atoms with van der Waals surface area (Å²) in [7, 11) is 3.29. The Bertz CT molecular complexity index is 955. The molecule has 0 aliphatic heterocycles. The zero-order valence-corrected chi connectivity index (χ0v) is 16.0. The quantitative estimate of drug-likeness (QED) is 0.621. The van der Waals surface area contributed by atoms with Gasteiger partial charge in [-0.15, -0.1) is 0 Å². The van der Waals surface area contributed by atoms with Crippen LogP contribution >= 0.6 is 0 Å². The van der Waals surface area contributed by atoms with Crippen molar-refractivity contribution in [2.75, 3.05) is 19.1 Å². The highest BCUT2D eigenvalue weighted by molar-refractivity contribution is 5.88. The van der Waals surface area contributed by atoms with E-state index in [0.717, 1.165) is 28.3 Å². The van der Waals surface area contributed by atoms with Crippen molar-refractivity contribution in [2.24, 2.45) is 0 Å². The van der Waals surface area contributed by atoms with Crippen LogP contribution in [0.3, 0.4) is 0 Å². The number of para-hydroxylation sites is 1. The van der Waals surface area contributed by atoms with Crippen molar-refractivity contribution in [1.29, 1.82) is 0 Å². The van der Waals surface area contributed by atoms with E-state index in [1.807, 2.05) is 54.6 Å². The van der Waals surface area contributed by atoms with Crippen LogP contribution in [-0.2, 0) is 13.1 Å². The molecule has 0 heterocycles. The zero-order chi connectivity index (χ0) is 19.9. The van der Waals surface area contributed by atoms with Crippen molar-refractivity contribution in [2.45, 2.75) is 13.1 Å². The van der Waals surface area contributed by atoms with Gasteiger partial charge in [-0.2, -0.15) is 0 Å². The highest BCUT2D eigenvalue weighted by Crippen LogP contribution is 2.26. The lowest BCUT2D eigenvalue weighted by Gasteiger charge is -2.26. The molecule has 1 N–H and O–H groups in total. The first kappa shape index (κ1) is 19.3. The maximum Gasteiger partial charge on any atom is 0.335 e. The Morgan fingerprint density at radius 2 is 1.68 bits per heavy atom. The summed E-state index contributed by atoms with van der Waals surface area (Å²) in [5.74, 6) is 0.641. The number of carbonyl (C=O) groups is 1. The number of aromatic carboxylic acids is 1. The molecule has 5 heteroatoms. The van der Waals surface area contributed by atoms with Gasteiger partial charge < -0.3 is 19.5 Å². The van der Waals surface area contributed by atoms with E-state index in [1.54, 1.807) is 32.4 Å². The number of hydrogen-bond donors (Lipinski definition) is 1. The van der Waals surface area contributed by atoms with Gasteiger partial charge in [-0.25, -0.2) is 4.79 Å². The normalized spacial score (nSPS) is 10.4. The topological polar surface area (TPSA) is 59.0 Å². The van der Waals surface area contributed by atoms with Gasteiger partial charge in [-0.05, 0) is 42.0 Å². The SMILES string of the molecule is COc1cccc(CN(Cc2ccccc2OC)c2cccc(C(=O)O)c2)c1. The lowest BCUT2D eigenvalue weighted by Crippen LogP contribution is -2.22. The molecule has 0 amide bonds. The minimum atomic E-state index is -0.944. The summed E-state index contributed by atoms with van der Waals surface area (Å²) in [6.07, 6.45) is 0.